The Balaban J connectivity index is 2.43. The van der Waals surface area contributed by atoms with E-state index in [0.29, 0.717) is 6.42 Å². The lowest BCUT2D eigenvalue weighted by atomic mass is 10.2. The number of aryl methyl sites for hydroxylation is 1. The Morgan fingerprint density at radius 3 is 2.60 bits per heavy atom. The second-order valence-electron chi connectivity index (χ2n) is 4.65. The number of aromatic nitrogens is 1. The molecule has 0 unspecified atom stereocenters. The maximum Gasteiger partial charge on any atom is 0.322 e. The van der Waals surface area contributed by atoms with E-state index in [1.54, 1.807) is 0 Å². The number of sulfonamides is 1. The van der Waals surface area contributed by atoms with E-state index in [4.69, 9.17) is 10.8 Å². The Hall–Kier alpha value is -1.87. The number of hydrogen-bond donors (Lipinski definition) is 2. The van der Waals surface area contributed by atoms with Crippen molar-refractivity contribution in [2.24, 2.45) is 12.8 Å². The zero-order valence-electron chi connectivity index (χ0n) is 10.8. The van der Waals surface area contributed by atoms with Crippen molar-refractivity contribution in [2.45, 2.75) is 23.8 Å². The van der Waals surface area contributed by atoms with Gasteiger partial charge in [-0.15, -0.1) is 0 Å². The van der Waals surface area contributed by atoms with Gasteiger partial charge in [-0.3, -0.25) is 9.59 Å². The van der Waals surface area contributed by atoms with Crippen molar-refractivity contribution in [2.75, 3.05) is 6.54 Å². The van der Waals surface area contributed by atoms with Crippen LogP contribution in [0.15, 0.2) is 17.2 Å². The monoisotopic (exact) mass is 301 g/mol. The summed E-state index contributed by atoms with van der Waals surface area (Å²) in [5.41, 5.74) is 5.19. The molecule has 1 amide bonds. The van der Waals surface area contributed by atoms with E-state index in [2.05, 4.69) is 0 Å². The summed E-state index contributed by atoms with van der Waals surface area (Å²) in [7, 11) is -2.45. The highest BCUT2D eigenvalue weighted by Crippen LogP contribution is 2.27. The van der Waals surface area contributed by atoms with Gasteiger partial charge in [0.2, 0.25) is 10.0 Å². The predicted molar refractivity (Wildman–Crippen MR) is 68.5 cm³/mol. The topological polar surface area (TPSA) is 123 Å². The normalized spacial score (nSPS) is 20.1. The maximum absolute atomic E-state index is 12.4. The molecule has 1 fully saturated rings. The fraction of sp³-hybridized carbons (Fsp3) is 0.455. The van der Waals surface area contributed by atoms with E-state index in [-0.39, 0.29) is 23.6 Å². The smallest absolute Gasteiger partial charge is 0.322 e. The number of carboxylic acids is 1. The average molecular weight is 301 g/mol. The van der Waals surface area contributed by atoms with Crippen LogP contribution in [0.25, 0.3) is 0 Å². The van der Waals surface area contributed by atoms with Crippen LogP contribution in [0.1, 0.15) is 23.3 Å². The Bertz CT molecular complexity index is 664. The third-order valence-electron chi connectivity index (χ3n) is 3.33. The zero-order valence-corrected chi connectivity index (χ0v) is 11.6. The molecule has 1 atom stereocenters. The molecule has 0 spiro atoms. The molecule has 0 radical (unpaired) electrons. The Labute approximate surface area is 115 Å². The van der Waals surface area contributed by atoms with E-state index in [1.807, 2.05) is 0 Å². The van der Waals surface area contributed by atoms with Crippen LogP contribution < -0.4 is 5.73 Å². The highest BCUT2D eigenvalue weighted by molar-refractivity contribution is 7.89. The lowest BCUT2D eigenvalue weighted by Crippen LogP contribution is -2.40. The number of carboxylic acid groups (broad SMARTS) is 1. The number of amides is 1. The predicted octanol–water partition coefficient (Wildman–Crippen LogP) is -0.638. The molecule has 1 aliphatic rings. The van der Waals surface area contributed by atoms with Gasteiger partial charge in [-0.05, 0) is 18.9 Å². The van der Waals surface area contributed by atoms with E-state index < -0.39 is 27.9 Å². The number of nitrogens with zero attached hydrogens (tertiary/aromatic N) is 2. The second kappa shape index (κ2) is 4.91. The molecule has 20 heavy (non-hydrogen) atoms. The lowest BCUT2D eigenvalue weighted by molar-refractivity contribution is -0.140. The molecule has 9 heteroatoms. The number of rotatable bonds is 4. The van der Waals surface area contributed by atoms with Gasteiger partial charge in [0.05, 0.1) is 0 Å². The first-order chi connectivity index (χ1) is 9.25. The first kappa shape index (κ1) is 14.5. The molecule has 1 saturated heterocycles. The number of primary amides is 1. The summed E-state index contributed by atoms with van der Waals surface area (Å²) in [6.45, 7) is 0.153. The maximum atomic E-state index is 12.4. The van der Waals surface area contributed by atoms with Crippen molar-refractivity contribution < 1.29 is 23.1 Å². The molecule has 3 N–H and O–H groups in total. The minimum atomic E-state index is -3.94. The van der Waals surface area contributed by atoms with Crippen LogP contribution in [-0.4, -0.2) is 46.9 Å². The molecule has 0 bridgehead atoms. The van der Waals surface area contributed by atoms with Crippen molar-refractivity contribution in [3.05, 3.63) is 18.0 Å². The Morgan fingerprint density at radius 1 is 1.45 bits per heavy atom. The number of aliphatic carboxylic acids is 1. The van der Waals surface area contributed by atoms with Crippen LogP contribution >= 0.6 is 0 Å². The molecule has 2 heterocycles. The number of hydrogen-bond acceptors (Lipinski definition) is 4. The first-order valence-corrected chi connectivity index (χ1v) is 7.40. The molecule has 0 aliphatic carbocycles. The SMILES string of the molecule is Cn1cc(S(=O)(=O)N2CCC[C@H]2C(=O)O)cc1C(N)=O. The van der Waals surface area contributed by atoms with Crippen molar-refractivity contribution in [3.63, 3.8) is 0 Å². The molecular weight excluding hydrogens is 286 g/mol. The van der Waals surface area contributed by atoms with Crippen molar-refractivity contribution in [3.8, 4) is 0 Å². The quantitative estimate of drug-likeness (QED) is 0.766. The molecule has 8 nitrogen and oxygen atoms in total. The van der Waals surface area contributed by atoms with Gasteiger partial charge in [0.1, 0.15) is 16.6 Å². The third kappa shape index (κ3) is 2.29. The van der Waals surface area contributed by atoms with Gasteiger partial charge in [0.25, 0.3) is 5.91 Å². The molecule has 0 saturated carbocycles. The van der Waals surface area contributed by atoms with E-state index in [1.165, 1.54) is 17.8 Å². The molecule has 1 aliphatic heterocycles. The van der Waals surface area contributed by atoms with Crippen LogP contribution in [0, 0.1) is 0 Å². The van der Waals surface area contributed by atoms with Crippen LogP contribution in [0.3, 0.4) is 0 Å². The van der Waals surface area contributed by atoms with E-state index >= 15 is 0 Å². The summed E-state index contributed by atoms with van der Waals surface area (Å²) >= 11 is 0. The van der Waals surface area contributed by atoms with Crippen molar-refractivity contribution >= 4 is 21.9 Å². The van der Waals surface area contributed by atoms with Gasteiger partial charge < -0.3 is 15.4 Å². The van der Waals surface area contributed by atoms with Crippen LogP contribution in [0.5, 0.6) is 0 Å². The van der Waals surface area contributed by atoms with E-state index in [9.17, 15) is 18.0 Å². The van der Waals surface area contributed by atoms with Gasteiger partial charge >= 0.3 is 5.97 Å². The molecule has 2 rings (SSSR count). The number of carbonyl (C=O) groups excluding carboxylic acids is 1. The Morgan fingerprint density at radius 2 is 2.10 bits per heavy atom. The third-order valence-corrected chi connectivity index (χ3v) is 5.20. The highest BCUT2D eigenvalue weighted by Gasteiger charge is 2.40. The minimum absolute atomic E-state index is 0.0506. The number of carbonyl (C=O) groups is 2. The van der Waals surface area contributed by atoms with Crippen LogP contribution in [-0.2, 0) is 21.9 Å². The number of nitrogens with two attached hydrogens (primary N) is 1. The highest BCUT2D eigenvalue weighted by atomic mass is 32.2. The summed E-state index contributed by atoms with van der Waals surface area (Å²) in [5, 5.41) is 9.06. The molecule has 1 aromatic rings. The summed E-state index contributed by atoms with van der Waals surface area (Å²) in [6, 6.07) is 0.103. The van der Waals surface area contributed by atoms with Gasteiger partial charge in [-0.1, -0.05) is 0 Å². The van der Waals surface area contributed by atoms with Crippen LogP contribution in [0.2, 0.25) is 0 Å². The fourth-order valence-corrected chi connectivity index (χ4v) is 4.05. The fourth-order valence-electron chi connectivity index (χ4n) is 2.33. The van der Waals surface area contributed by atoms with Crippen molar-refractivity contribution in [1.82, 2.24) is 8.87 Å². The van der Waals surface area contributed by atoms with Gasteiger partial charge in [-0.25, -0.2) is 8.42 Å². The minimum Gasteiger partial charge on any atom is -0.480 e. The van der Waals surface area contributed by atoms with E-state index in [0.717, 1.165) is 10.4 Å². The second-order valence-corrected chi connectivity index (χ2v) is 6.54. The largest absolute Gasteiger partial charge is 0.480 e. The zero-order chi connectivity index (χ0) is 15.1. The first-order valence-electron chi connectivity index (χ1n) is 5.96. The lowest BCUT2D eigenvalue weighted by Gasteiger charge is -2.19. The van der Waals surface area contributed by atoms with Gasteiger partial charge in [-0.2, -0.15) is 4.31 Å². The average Bonchev–Trinajstić information content (AvgIpc) is 2.94. The van der Waals surface area contributed by atoms with Crippen molar-refractivity contribution in [1.29, 1.82) is 0 Å². The molecular formula is C11H15N3O5S. The summed E-state index contributed by atoms with van der Waals surface area (Å²) < 4.78 is 27.1. The summed E-state index contributed by atoms with van der Waals surface area (Å²) in [4.78, 5) is 22.1. The molecule has 0 aromatic carbocycles. The van der Waals surface area contributed by atoms with Gasteiger partial charge in [0, 0.05) is 19.8 Å². The van der Waals surface area contributed by atoms with Crippen LogP contribution in [0.4, 0.5) is 0 Å². The standard InChI is InChI=1S/C11H15N3O5S/c1-13-6-7(5-9(13)10(12)15)20(18,19)14-4-2-3-8(14)11(16)17/h5-6,8H,2-4H2,1H3,(H2,12,15)(H,16,17)/t8-/m0/s1. The summed E-state index contributed by atoms with van der Waals surface area (Å²) in [5.74, 6) is -1.91. The molecule has 110 valence electrons. The Kier molecular flexibility index (Phi) is 3.57. The molecule has 1 aromatic heterocycles. The van der Waals surface area contributed by atoms with Gasteiger partial charge in [0.15, 0.2) is 0 Å². The summed E-state index contributed by atoms with van der Waals surface area (Å²) in [6.07, 6.45) is 2.03.